The molecule has 2 aromatic rings. The van der Waals surface area contributed by atoms with Crippen LogP contribution in [0.25, 0.3) is 10.9 Å². The largest absolute Gasteiger partial charge is 0.298 e. The number of fused-ring (bicyclic) bond motifs is 1. The van der Waals surface area contributed by atoms with Gasteiger partial charge in [0.15, 0.2) is 5.78 Å². The van der Waals surface area contributed by atoms with Gasteiger partial charge < -0.3 is 0 Å². The van der Waals surface area contributed by atoms with Crippen LogP contribution < -0.4 is 5.56 Å². The first-order chi connectivity index (χ1) is 6.18. The molecule has 2 rings (SSSR count). The third-order valence-electron chi connectivity index (χ3n) is 1.98. The quantitative estimate of drug-likeness (QED) is 0.638. The molecule has 0 spiro atoms. The van der Waals surface area contributed by atoms with Crippen LogP contribution in [0.1, 0.15) is 17.3 Å². The second-order valence-corrected chi connectivity index (χ2v) is 2.90. The highest BCUT2D eigenvalue weighted by molar-refractivity contribution is 5.97. The molecule has 0 saturated heterocycles. The summed E-state index contributed by atoms with van der Waals surface area (Å²) in [6, 6.07) is 4.99. The molecule has 0 fully saturated rings. The van der Waals surface area contributed by atoms with Gasteiger partial charge in [-0.25, -0.2) is 0 Å². The third kappa shape index (κ3) is 1.16. The van der Waals surface area contributed by atoms with Gasteiger partial charge in [0.2, 0.25) is 0 Å². The van der Waals surface area contributed by atoms with Crippen LogP contribution in [0.5, 0.6) is 0 Å². The maximum absolute atomic E-state index is 11.2. The van der Waals surface area contributed by atoms with Crippen LogP contribution in [0.3, 0.4) is 0 Å². The predicted molar refractivity (Wildman–Crippen MR) is 48.9 cm³/mol. The third-order valence-corrected chi connectivity index (χ3v) is 1.98. The average molecular weight is 176 g/mol. The summed E-state index contributed by atoms with van der Waals surface area (Å²) in [7, 11) is 0. The van der Waals surface area contributed by atoms with Gasteiger partial charge in [-0.3, -0.25) is 19.8 Å². The second kappa shape index (κ2) is 2.58. The molecule has 66 valence electrons. The molecule has 0 radical (unpaired) electrons. The van der Waals surface area contributed by atoms with Crippen LogP contribution >= 0.6 is 0 Å². The predicted octanol–water partition coefficient (Wildman–Crippen LogP) is 1.06. The summed E-state index contributed by atoms with van der Waals surface area (Å²) < 4.78 is 0. The van der Waals surface area contributed by atoms with Crippen molar-refractivity contribution in [3.8, 4) is 0 Å². The molecule has 0 bridgehead atoms. The molecule has 4 heteroatoms. The van der Waals surface area contributed by atoms with Crippen molar-refractivity contribution in [3.63, 3.8) is 0 Å². The van der Waals surface area contributed by atoms with E-state index in [1.165, 1.54) is 6.92 Å². The van der Waals surface area contributed by atoms with Gasteiger partial charge in [-0.15, -0.1) is 0 Å². The first-order valence-corrected chi connectivity index (χ1v) is 3.90. The van der Waals surface area contributed by atoms with Crippen LogP contribution in [-0.4, -0.2) is 16.0 Å². The summed E-state index contributed by atoms with van der Waals surface area (Å²) in [5, 5.41) is 5.68. The summed E-state index contributed by atoms with van der Waals surface area (Å²) in [4.78, 5) is 22.2. The molecule has 4 nitrogen and oxygen atoms in total. The summed E-state index contributed by atoms with van der Waals surface area (Å²) in [5.74, 6) is -0.0394. The van der Waals surface area contributed by atoms with Crippen molar-refractivity contribution in [2.75, 3.05) is 0 Å². The van der Waals surface area contributed by atoms with E-state index in [1.54, 1.807) is 18.2 Å². The van der Waals surface area contributed by atoms with Crippen LogP contribution in [0, 0.1) is 0 Å². The van der Waals surface area contributed by atoms with Gasteiger partial charge >= 0.3 is 0 Å². The minimum absolute atomic E-state index is 0.0394. The van der Waals surface area contributed by atoms with Crippen LogP contribution in [0.2, 0.25) is 0 Å². The molecule has 0 unspecified atom stereocenters. The molecule has 1 heterocycles. The molecule has 0 aliphatic rings. The first-order valence-electron chi connectivity index (χ1n) is 3.90. The van der Waals surface area contributed by atoms with E-state index in [0.29, 0.717) is 10.9 Å². The Hall–Kier alpha value is -1.84. The zero-order valence-electron chi connectivity index (χ0n) is 7.05. The molecule has 13 heavy (non-hydrogen) atoms. The van der Waals surface area contributed by atoms with Gasteiger partial charge in [-0.05, 0) is 25.1 Å². The van der Waals surface area contributed by atoms with Gasteiger partial charge in [0, 0.05) is 5.56 Å². The maximum atomic E-state index is 11.2. The van der Waals surface area contributed by atoms with E-state index in [0.717, 1.165) is 5.52 Å². The topological polar surface area (TPSA) is 65.7 Å². The fourth-order valence-corrected chi connectivity index (χ4v) is 1.25. The first kappa shape index (κ1) is 7.79. The summed E-state index contributed by atoms with van der Waals surface area (Å²) in [6.07, 6.45) is 0. The minimum atomic E-state index is -0.196. The van der Waals surface area contributed by atoms with E-state index in [9.17, 15) is 9.59 Å². The Labute approximate surface area is 73.6 Å². The Kier molecular flexibility index (Phi) is 1.55. The van der Waals surface area contributed by atoms with Gasteiger partial charge in [-0.1, -0.05) is 0 Å². The molecule has 0 amide bonds. The highest BCUT2D eigenvalue weighted by Gasteiger charge is 2.04. The SMILES string of the molecule is CC(=O)c1ccc2[nH][nH]c(=O)c2c1. The van der Waals surface area contributed by atoms with Crippen molar-refractivity contribution in [1.82, 2.24) is 10.2 Å². The van der Waals surface area contributed by atoms with E-state index in [1.807, 2.05) is 0 Å². The van der Waals surface area contributed by atoms with E-state index in [-0.39, 0.29) is 11.3 Å². The number of benzene rings is 1. The molecule has 0 saturated carbocycles. The van der Waals surface area contributed by atoms with Crippen LogP contribution in [-0.2, 0) is 0 Å². The Morgan fingerprint density at radius 2 is 2.08 bits per heavy atom. The number of hydrogen-bond donors (Lipinski definition) is 2. The highest BCUT2D eigenvalue weighted by atomic mass is 16.1. The second-order valence-electron chi connectivity index (χ2n) is 2.90. The fraction of sp³-hybridized carbons (Fsp3) is 0.111. The van der Waals surface area contributed by atoms with Gasteiger partial charge in [0.05, 0.1) is 10.9 Å². The molecular weight excluding hydrogens is 168 g/mol. The lowest BCUT2D eigenvalue weighted by atomic mass is 10.1. The monoisotopic (exact) mass is 176 g/mol. The molecule has 2 N–H and O–H groups in total. The maximum Gasteiger partial charge on any atom is 0.271 e. The Bertz CT molecular complexity index is 522. The number of aromatic nitrogens is 2. The normalized spacial score (nSPS) is 10.5. The molecule has 0 aliphatic carbocycles. The van der Waals surface area contributed by atoms with Crippen molar-refractivity contribution >= 4 is 16.7 Å². The lowest BCUT2D eigenvalue weighted by Crippen LogP contribution is -1.99. The summed E-state index contributed by atoms with van der Waals surface area (Å²) in [5.41, 5.74) is 1.07. The number of nitrogens with one attached hydrogen (secondary N) is 2. The van der Waals surface area contributed by atoms with Crippen molar-refractivity contribution < 1.29 is 4.79 Å². The van der Waals surface area contributed by atoms with Crippen molar-refractivity contribution in [2.24, 2.45) is 0 Å². The minimum Gasteiger partial charge on any atom is -0.298 e. The summed E-state index contributed by atoms with van der Waals surface area (Å²) in [6.45, 7) is 1.47. The number of carbonyl (C=O) groups is 1. The number of H-pyrrole nitrogens is 2. The zero-order chi connectivity index (χ0) is 9.42. The van der Waals surface area contributed by atoms with Gasteiger partial charge in [0.1, 0.15) is 0 Å². The van der Waals surface area contributed by atoms with E-state index >= 15 is 0 Å². The zero-order valence-corrected chi connectivity index (χ0v) is 7.05. The Morgan fingerprint density at radius 1 is 1.31 bits per heavy atom. The molecule has 0 atom stereocenters. The number of aromatic amines is 2. The van der Waals surface area contributed by atoms with Crippen molar-refractivity contribution in [1.29, 1.82) is 0 Å². The fourth-order valence-electron chi connectivity index (χ4n) is 1.25. The lowest BCUT2D eigenvalue weighted by molar-refractivity contribution is 0.101. The van der Waals surface area contributed by atoms with Gasteiger partial charge in [0.25, 0.3) is 5.56 Å². The number of carbonyl (C=O) groups excluding carboxylic acids is 1. The standard InChI is InChI=1S/C9H8N2O2/c1-5(12)6-2-3-8-7(4-6)9(13)11-10-8/h2-4H,1H3,(H2,10,11,13). The number of hydrogen-bond acceptors (Lipinski definition) is 2. The number of Topliss-reactive ketones (excluding diaryl/α,β-unsaturated/α-hetero) is 1. The van der Waals surface area contributed by atoms with Crippen molar-refractivity contribution in [3.05, 3.63) is 34.1 Å². The highest BCUT2D eigenvalue weighted by Crippen LogP contribution is 2.09. The van der Waals surface area contributed by atoms with Gasteiger partial charge in [-0.2, -0.15) is 0 Å². The van der Waals surface area contributed by atoms with E-state index in [4.69, 9.17) is 0 Å². The molecular formula is C9H8N2O2. The molecule has 0 aliphatic heterocycles. The van der Waals surface area contributed by atoms with E-state index in [2.05, 4.69) is 10.2 Å². The van der Waals surface area contributed by atoms with E-state index < -0.39 is 0 Å². The molecule has 1 aromatic carbocycles. The van der Waals surface area contributed by atoms with Crippen molar-refractivity contribution in [2.45, 2.75) is 6.92 Å². The molecule has 1 aromatic heterocycles. The van der Waals surface area contributed by atoms with Crippen LogP contribution in [0.4, 0.5) is 0 Å². The summed E-state index contributed by atoms with van der Waals surface area (Å²) >= 11 is 0. The average Bonchev–Trinajstić information content (AvgIpc) is 2.47. The Balaban J connectivity index is 2.80. The van der Waals surface area contributed by atoms with Crippen LogP contribution in [0.15, 0.2) is 23.0 Å². The number of rotatable bonds is 1. The Morgan fingerprint density at radius 3 is 2.77 bits per heavy atom. The smallest absolute Gasteiger partial charge is 0.271 e. The lowest BCUT2D eigenvalue weighted by Gasteiger charge is -1.93. The number of ketones is 1.